The molecule has 5 nitrogen and oxygen atoms in total. The molecule has 1 aliphatic carbocycles. The van der Waals surface area contributed by atoms with Crippen LogP contribution in [0.5, 0.6) is 5.88 Å². The fourth-order valence-corrected chi connectivity index (χ4v) is 4.72. The fourth-order valence-electron chi connectivity index (χ4n) is 4.72. The summed E-state index contributed by atoms with van der Waals surface area (Å²) in [7, 11) is 1.60. The SMILES string of the molecule is COc1cc2c(cn1)C(=O)N(Cc1ccc3c(c1)CCN(C1CCC1)CC3)C2. The van der Waals surface area contributed by atoms with Gasteiger partial charge in [-0.3, -0.25) is 9.69 Å². The molecule has 146 valence electrons. The minimum Gasteiger partial charge on any atom is -0.481 e. The maximum absolute atomic E-state index is 12.7. The third-order valence-electron chi connectivity index (χ3n) is 6.62. The molecule has 2 aromatic rings. The maximum Gasteiger partial charge on any atom is 0.256 e. The first kappa shape index (κ1) is 17.7. The molecule has 0 saturated heterocycles. The lowest BCUT2D eigenvalue weighted by atomic mass is 9.91. The average molecular weight is 377 g/mol. The lowest BCUT2D eigenvalue weighted by molar-refractivity contribution is 0.0766. The molecule has 2 aliphatic heterocycles. The molecule has 28 heavy (non-hydrogen) atoms. The Bertz CT molecular complexity index is 907. The van der Waals surface area contributed by atoms with Gasteiger partial charge in [0.1, 0.15) is 0 Å². The van der Waals surface area contributed by atoms with Gasteiger partial charge in [0, 0.05) is 44.5 Å². The van der Waals surface area contributed by atoms with Crippen LogP contribution >= 0.6 is 0 Å². The van der Waals surface area contributed by atoms with Crippen molar-refractivity contribution in [2.75, 3.05) is 20.2 Å². The largest absolute Gasteiger partial charge is 0.481 e. The maximum atomic E-state index is 12.7. The molecular formula is C23H27N3O2. The number of carbonyl (C=O) groups is 1. The monoisotopic (exact) mass is 377 g/mol. The Balaban J connectivity index is 1.29. The lowest BCUT2D eigenvalue weighted by Gasteiger charge is -2.36. The van der Waals surface area contributed by atoms with Crippen molar-refractivity contribution in [2.45, 2.75) is 51.2 Å². The van der Waals surface area contributed by atoms with Crippen LogP contribution in [0.2, 0.25) is 0 Å². The third kappa shape index (κ3) is 3.18. The van der Waals surface area contributed by atoms with Crippen molar-refractivity contribution in [1.82, 2.24) is 14.8 Å². The summed E-state index contributed by atoms with van der Waals surface area (Å²) in [5, 5.41) is 0. The van der Waals surface area contributed by atoms with E-state index in [2.05, 4.69) is 28.1 Å². The van der Waals surface area contributed by atoms with E-state index >= 15 is 0 Å². The summed E-state index contributed by atoms with van der Waals surface area (Å²) >= 11 is 0. The second kappa shape index (κ2) is 7.21. The lowest BCUT2D eigenvalue weighted by Crippen LogP contribution is -2.41. The fraction of sp³-hybridized carbons (Fsp3) is 0.478. The average Bonchev–Trinajstić information content (AvgIpc) is 2.84. The number of amides is 1. The van der Waals surface area contributed by atoms with Gasteiger partial charge in [0.25, 0.3) is 5.91 Å². The van der Waals surface area contributed by atoms with Gasteiger partial charge in [-0.2, -0.15) is 0 Å². The highest BCUT2D eigenvalue weighted by molar-refractivity contribution is 5.98. The predicted octanol–water partition coefficient (Wildman–Crippen LogP) is 3.20. The highest BCUT2D eigenvalue weighted by atomic mass is 16.5. The van der Waals surface area contributed by atoms with Crippen molar-refractivity contribution < 1.29 is 9.53 Å². The van der Waals surface area contributed by atoms with Gasteiger partial charge in [-0.15, -0.1) is 0 Å². The number of methoxy groups -OCH3 is 1. The van der Waals surface area contributed by atoms with Gasteiger partial charge in [-0.05, 0) is 47.9 Å². The number of hydrogen-bond donors (Lipinski definition) is 0. The smallest absolute Gasteiger partial charge is 0.256 e. The molecule has 5 rings (SSSR count). The van der Waals surface area contributed by atoms with Crippen molar-refractivity contribution in [3.8, 4) is 5.88 Å². The van der Waals surface area contributed by atoms with Crippen LogP contribution in [0.4, 0.5) is 0 Å². The Morgan fingerprint density at radius 2 is 1.93 bits per heavy atom. The van der Waals surface area contributed by atoms with E-state index in [1.807, 2.05) is 11.0 Å². The van der Waals surface area contributed by atoms with Gasteiger partial charge in [-0.25, -0.2) is 4.98 Å². The van der Waals surface area contributed by atoms with Gasteiger partial charge >= 0.3 is 0 Å². The highest BCUT2D eigenvalue weighted by Crippen LogP contribution is 2.29. The van der Waals surface area contributed by atoms with E-state index in [-0.39, 0.29) is 5.91 Å². The van der Waals surface area contributed by atoms with Crippen LogP contribution in [0.3, 0.4) is 0 Å². The van der Waals surface area contributed by atoms with E-state index < -0.39 is 0 Å². The van der Waals surface area contributed by atoms with E-state index in [9.17, 15) is 4.79 Å². The molecule has 5 heteroatoms. The first-order chi connectivity index (χ1) is 13.7. The Labute approximate surface area is 166 Å². The predicted molar refractivity (Wildman–Crippen MR) is 107 cm³/mol. The van der Waals surface area contributed by atoms with E-state index in [0.717, 1.165) is 24.4 Å². The van der Waals surface area contributed by atoms with Gasteiger partial charge in [0.05, 0.1) is 12.7 Å². The molecule has 1 fully saturated rings. The van der Waals surface area contributed by atoms with Crippen LogP contribution in [-0.2, 0) is 25.9 Å². The van der Waals surface area contributed by atoms with Gasteiger partial charge < -0.3 is 9.64 Å². The summed E-state index contributed by atoms with van der Waals surface area (Å²) < 4.78 is 5.20. The summed E-state index contributed by atoms with van der Waals surface area (Å²) in [4.78, 5) is 21.5. The number of benzene rings is 1. The first-order valence-corrected chi connectivity index (χ1v) is 10.4. The molecule has 0 bridgehead atoms. The molecule has 1 amide bonds. The minimum atomic E-state index is 0.0660. The second-order valence-electron chi connectivity index (χ2n) is 8.27. The van der Waals surface area contributed by atoms with E-state index in [1.54, 1.807) is 13.3 Å². The van der Waals surface area contributed by atoms with Crippen molar-refractivity contribution >= 4 is 5.91 Å². The third-order valence-corrected chi connectivity index (χ3v) is 6.62. The number of hydrogen-bond acceptors (Lipinski definition) is 4. The standard InChI is InChI=1S/C23H27N3O2/c1-28-22-12-19-15-26(23(27)21(19)13-24-22)14-16-5-6-17-7-9-25(20-3-2-4-20)10-8-18(17)11-16/h5-6,11-13,20H,2-4,7-10,14-15H2,1H3. The van der Waals surface area contributed by atoms with Crippen molar-refractivity contribution in [1.29, 1.82) is 0 Å². The Hall–Kier alpha value is -2.40. The Morgan fingerprint density at radius 1 is 1.11 bits per heavy atom. The number of carbonyl (C=O) groups excluding carboxylic acids is 1. The highest BCUT2D eigenvalue weighted by Gasteiger charge is 2.29. The number of aromatic nitrogens is 1. The molecule has 3 aliphatic rings. The van der Waals surface area contributed by atoms with Crippen LogP contribution in [0, 0.1) is 0 Å². The molecule has 0 N–H and O–H groups in total. The number of rotatable bonds is 4. The zero-order chi connectivity index (χ0) is 19.1. The minimum absolute atomic E-state index is 0.0660. The molecule has 1 aromatic carbocycles. The van der Waals surface area contributed by atoms with Gasteiger partial charge in [0.2, 0.25) is 5.88 Å². The number of ether oxygens (including phenoxy) is 1. The first-order valence-electron chi connectivity index (χ1n) is 10.4. The summed E-state index contributed by atoms with van der Waals surface area (Å²) in [5.41, 5.74) is 5.87. The number of pyridine rings is 1. The van der Waals surface area contributed by atoms with Crippen LogP contribution < -0.4 is 4.74 Å². The molecule has 0 radical (unpaired) electrons. The van der Waals surface area contributed by atoms with Crippen molar-refractivity contribution in [3.63, 3.8) is 0 Å². The quantitative estimate of drug-likeness (QED) is 0.821. The molecular weight excluding hydrogens is 350 g/mol. The number of fused-ring (bicyclic) bond motifs is 2. The van der Waals surface area contributed by atoms with Crippen molar-refractivity contribution in [2.24, 2.45) is 0 Å². The zero-order valence-corrected chi connectivity index (χ0v) is 16.5. The molecule has 0 spiro atoms. The zero-order valence-electron chi connectivity index (χ0n) is 16.5. The molecule has 0 unspecified atom stereocenters. The number of nitrogens with zero attached hydrogens (tertiary/aromatic N) is 3. The van der Waals surface area contributed by atoms with Crippen LogP contribution in [0.25, 0.3) is 0 Å². The summed E-state index contributed by atoms with van der Waals surface area (Å²) in [6.07, 6.45) is 8.05. The summed E-state index contributed by atoms with van der Waals surface area (Å²) in [5.74, 6) is 0.630. The van der Waals surface area contributed by atoms with E-state index in [1.165, 1.54) is 49.0 Å². The molecule has 1 aromatic heterocycles. The van der Waals surface area contributed by atoms with Crippen LogP contribution in [0.15, 0.2) is 30.5 Å². The normalized spacial score (nSPS) is 19.8. The van der Waals surface area contributed by atoms with Gasteiger partial charge in [-0.1, -0.05) is 24.6 Å². The van der Waals surface area contributed by atoms with Gasteiger partial charge in [0.15, 0.2) is 0 Å². The topological polar surface area (TPSA) is 45.7 Å². The van der Waals surface area contributed by atoms with Crippen LogP contribution in [0.1, 0.15) is 51.9 Å². The Morgan fingerprint density at radius 3 is 2.68 bits per heavy atom. The Kier molecular flexibility index (Phi) is 4.55. The molecule has 1 saturated carbocycles. The second-order valence-corrected chi connectivity index (χ2v) is 8.27. The van der Waals surface area contributed by atoms with Crippen LogP contribution in [-0.4, -0.2) is 46.9 Å². The van der Waals surface area contributed by atoms with E-state index in [0.29, 0.717) is 24.5 Å². The summed E-state index contributed by atoms with van der Waals surface area (Å²) in [6, 6.07) is 9.51. The van der Waals surface area contributed by atoms with E-state index in [4.69, 9.17) is 4.74 Å². The molecule has 0 atom stereocenters. The molecule has 3 heterocycles. The van der Waals surface area contributed by atoms with Crippen molar-refractivity contribution in [3.05, 3.63) is 58.3 Å². The summed E-state index contributed by atoms with van der Waals surface area (Å²) in [6.45, 7) is 3.63.